The van der Waals surface area contributed by atoms with Crippen LogP contribution in [0.25, 0.3) is 22.1 Å². The number of aromatic nitrogens is 2. The van der Waals surface area contributed by atoms with Gasteiger partial charge in [0.05, 0.1) is 28.3 Å². The normalized spacial score (nSPS) is 14.0. The third-order valence-electron chi connectivity index (χ3n) is 5.90. The number of benzene rings is 1. The predicted molar refractivity (Wildman–Crippen MR) is 132 cm³/mol. The van der Waals surface area contributed by atoms with Crippen molar-refractivity contribution in [1.29, 1.82) is 0 Å². The Balaban J connectivity index is 1.41. The number of piperazine rings is 1. The van der Waals surface area contributed by atoms with Gasteiger partial charge in [0.15, 0.2) is 11.4 Å². The molecular weight excluding hydrogens is 499 g/mol. The van der Waals surface area contributed by atoms with Crippen LogP contribution in [0.5, 0.6) is 5.75 Å². The van der Waals surface area contributed by atoms with Crippen LogP contribution in [0.15, 0.2) is 41.3 Å². The summed E-state index contributed by atoms with van der Waals surface area (Å²) in [5, 5.41) is 3.54. The molecule has 0 atom stereocenters. The van der Waals surface area contributed by atoms with Gasteiger partial charge in [0.1, 0.15) is 17.5 Å². The SMILES string of the molecule is Nc1ncc2c(-c3ccnc(N4CCNCC4)c3)coc2c1OCCc1c(Cl)c(F)cc(F)c1Cl. The van der Waals surface area contributed by atoms with E-state index in [0.717, 1.165) is 43.1 Å². The molecule has 0 radical (unpaired) electrons. The van der Waals surface area contributed by atoms with E-state index in [4.69, 9.17) is 38.1 Å². The van der Waals surface area contributed by atoms with E-state index in [1.165, 1.54) is 0 Å². The molecular formula is C24H21Cl2F2N5O2. The van der Waals surface area contributed by atoms with E-state index in [9.17, 15) is 8.78 Å². The number of halogens is 4. The first-order chi connectivity index (χ1) is 16.9. The summed E-state index contributed by atoms with van der Waals surface area (Å²) in [6.45, 7) is 3.56. The molecule has 4 heterocycles. The Hall–Kier alpha value is -3.14. The molecule has 35 heavy (non-hydrogen) atoms. The van der Waals surface area contributed by atoms with Crippen LogP contribution in [-0.4, -0.2) is 42.8 Å². The van der Waals surface area contributed by atoms with Crippen molar-refractivity contribution in [3.63, 3.8) is 0 Å². The van der Waals surface area contributed by atoms with Crippen LogP contribution < -0.4 is 20.7 Å². The van der Waals surface area contributed by atoms with Gasteiger partial charge in [-0.2, -0.15) is 0 Å². The largest absolute Gasteiger partial charge is 0.486 e. The molecule has 3 N–H and O–H groups in total. The number of ether oxygens (including phenoxy) is 1. The minimum Gasteiger partial charge on any atom is -0.486 e. The van der Waals surface area contributed by atoms with Crippen LogP contribution in [0.2, 0.25) is 10.0 Å². The molecule has 1 saturated heterocycles. The second-order valence-electron chi connectivity index (χ2n) is 8.05. The maximum Gasteiger partial charge on any atom is 0.205 e. The van der Waals surface area contributed by atoms with E-state index in [2.05, 4.69) is 20.2 Å². The van der Waals surface area contributed by atoms with Crippen molar-refractivity contribution in [2.45, 2.75) is 6.42 Å². The zero-order valence-electron chi connectivity index (χ0n) is 18.5. The van der Waals surface area contributed by atoms with E-state index in [1.807, 2.05) is 12.1 Å². The van der Waals surface area contributed by atoms with Crippen molar-refractivity contribution in [3.05, 3.63) is 64.1 Å². The zero-order valence-corrected chi connectivity index (χ0v) is 20.0. The standard InChI is InChI=1S/C24H21Cl2F2N5O2/c25-20-14(21(26)18(28)10-17(20)27)2-8-34-23-22-15(11-32-24(23)29)16(12-35-22)13-1-3-31-19(9-13)33-6-4-30-5-7-33/h1,3,9-12,30H,2,4-8H2,(H2,29,32). The molecule has 7 nitrogen and oxygen atoms in total. The number of anilines is 2. The minimum absolute atomic E-state index is 0.00817. The Bertz CT molecular complexity index is 1370. The number of hydrogen-bond donors (Lipinski definition) is 2. The Labute approximate surface area is 209 Å². The molecule has 11 heteroatoms. The summed E-state index contributed by atoms with van der Waals surface area (Å²) in [6, 6.07) is 4.55. The number of rotatable bonds is 6. The number of nitrogens with zero attached hydrogens (tertiary/aromatic N) is 3. The maximum absolute atomic E-state index is 13.8. The van der Waals surface area contributed by atoms with Gasteiger partial charge in [0.2, 0.25) is 5.75 Å². The molecule has 182 valence electrons. The van der Waals surface area contributed by atoms with Crippen molar-refractivity contribution in [2.24, 2.45) is 0 Å². The lowest BCUT2D eigenvalue weighted by molar-refractivity contribution is 0.321. The van der Waals surface area contributed by atoms with Crippen LogP contribution >= 0.6 is 23.2 Å². The van der Waals surface area contributed by atoms with E-state index < -0.39 is 11.6 Å². The van der Waals surface area contributed by atoms with Crippen molar-refractivity contribution in [2.75, 3.05) is 43.4 Å². The number of pyridine rings is 2. The van der Waals surface area contributed by atoms with Gasteiger partial charge in [-0.1, -0.05) is 23.2 Å². The van der Waals surface area contributed by atoms with Gasteiger partial charge < -0.3 is 25.1 Å². The number of nitrogens with two attached hydrogens (primary N) is 1. The molecule has 0 spiro atoms. The van der Waals surface area contributed by atoms with E-state index in [0.29, 0.717) is 17.0 Å². The number of fused-ring (bicyclic) bond motifs is 1. The molecule has 5 rings (SSSR count). The highest BCUT2D eigenvalue weighted by Gasteiger charge is 2.20. The summed E-state index contributed by atoms with van der Waals surface area (Å²) in [6.07, 6.45) is 5.05. The van der Waals surface area contributed by atoms with Gasteiger partial charge in [0.25, 0.3) is 0 Å². The number of nitrogen functional groups attached to an aromatic ring is 1. The van der Waals surface area contributed by atoms with Gasteiger partial charge in [-0.05, 0) is 23.3 Å². The smallest absolute Gasteiger partial charge is 0.205 e. The van der Waals surface area contributed by atoms with Gasteiger partial charge >= 0.3 is 0 Å². The quantitative estimate of drug-likeness (QED) is 0.343. The molecule has 1 aliphatic rings. The molecule has 1 aromatic carbocycles. The number of furan rings is 1. The Morgan fingerprint density at radius 1 is 1.11 bits per heavy atom. The van der Waals surface area contributed by atoms with Crippen molar-refractivity contribution < 1.29 is 17.9 Å². The molecule has 0 bridgehead atoms. The fraction of sp³-hybridized carbons (Fsp3) is 0.250. The molecule has 1 fully saturated rings. The average molecular weight is 520 g/mol. The Morgan fingerprint density at radius 2 is 1.86 bits per heavy atom. The van der Waals surface area contributed by atoms with E-state index in [1.54, 1.807) is 18.7 Å². The van der Waals surface area contributed by atoms with E-state index in [-0.39, 0.29) is 40.2 Å². The Morgan fingerprint density at radius 3 is 2.60 bits per heavy atom. The zero-order chi connectivity index (χ0) is 24.5. The van der Waals surface area contributed by atoms with Gasteiger partial charge in [-0.15, -0.1) is 0 Å². The summed E-state index contributed by atoms with van der Waals surface area (Å²) in [5.41, 5.74) is 8.31. The lowest BCUT2D eigenvalue weighted by Crippen LogP contribution is -2.43. The number of nitrogens with one attached hydrogen (secondary N) is 1. The third-order valence-corrected chi connectivity index (χ3v) is 6.72. The second kappa shape index (κ2) is 9.85. The van der Waals surface area contributed by atoms with Crippen LogP contribution in [0, 0.1) is 11.6 Å². The van der Waals surface area contributed by atoms with Crippen LogP contribution in [0.1, 0.15) is 5.56 Å². The van der Waals surface area contributed by atoms with Gasteiger partial charge in [0, 0.05) is 56.6 Å². The highest BCUT2D eigenvalue weighted by Crippen LogP contribution is 2.38. The van der Waals surface area contributed by atoms with Crippen molar-refractivity contribution >= 4 is 45.8 Å². The van der Waals surface area contributed by atoms with E-state index >= 15 is 0 Å². The molecule has 0 aliphatic carbocycles. The molecule has 0 amide bonds. The third kappa shape index (κ3) is 4.59. The minimum atomic E-state index is -0.889. The van der Waals surface area contributed by atoms with Crippen molar-refractivity contribution in [3.8, 4) is 16.9 Å². The topological polar surface area (TPSA) is 89.4 Å². The summed E-state index contributed by atoms with van der Waals surface area (Å²) in [4.78, 5) is 11.0. The fourth-order valence-corrected chi connectivity index (χ4v) is 4.63. The highest BCUT2D eigenvalue weighted by molar-refractivity contribution is 6.36. The van der Waals surface area contributed by atoms with Crippen LogP contribution in [-0.2, 0) is 6.42 Å². The maximum atomic E-state index is 13.8. The average Bonchev–Trinajstić information content (AvgIpc) is 3.31. The first kappa shape index (κ1) is 23.6. The monoisotopic (exact) mass is 519 g/mol. The number of hydrogen-bond acceptors (Lipinski definition) is 7. The first-order valence-corrected chi connectivity index (χ1v) is 11.7. The predicted octanol–water partition coefficient (Wildman–Crippen LogP) is 5.09. The molecule has 0 saturated carbocycles. The highest BCUT2D eigenvalue weighted by atomic mass is 35.5. The molecule has 3 aromatic heterocycles. The Kier molecular flexibility index (Phi) is 6.64. The van der Waals surface area contributed by atoms with Crippen molar-refractivity contribution in [1.82, 2.24) is 15.3 Å². The summed E-state index contributed by atoms with van der Waals surface area (Å²) < 4.78 is 39.3. The summed E-state index contributed by atoms with van der Waals surface area (Å²) in [5.74, 6) is -0.541. The first-order valence-electron chi connectivity index (χ1n) is 11.0. The fourth-order valence-electron chi connectivity index (χ4n) is 4.09. The van der Waals surface area contributed by atoms with Gasteiger partial charge in [-0.3, -0.25) is 0 Å². The summed E-state index contributed by atoms with van der Waals surface area (Å²) in [7, 11) is 0. The molecule has 0 unspecified atom stereocenters. The molecule has 1 aliphatic heterocycles. The van der Waals surface area contributed by atoms with Gasteiger partial charge in [-0.25, -0.2) is 18.7 Å². The summed E-state index contributed by atoms with van der Waals surface area (Å²) >= 11 is 11.9. The van der Waals surface area contributed by atoms with Crippen LogP contribution in [0.4, 0.5) is 20.4 Å². The molecule has 4 aromatic rings. The lowest BCUT2D eigenvalue weighted by Gasteiger charge is -2.28. The van der Waals surface area contributed by atoms with Crippen LogP contribution in [0.3, 0.4) is 0 Å². The lowest BCUT2D eigenvalue weighted by atomic mass is 10.1. The second-order valence-corrected chi connectivity index (χ2v) is 8.81.